The van der Waals surface area contributed by atoms with Crippen molar-refractivity contribution in [3.05, 3.63) is 35.4 Å². The van der Waals surface area contributed by atoms with E-state index in [1.165, 1.54) is 0 Å². The van der Waals surface area contributed by atoms with Crippen molar-refractivity contribution in [2.75, 3.05) is 20.3 Å². The van der Waals surface area contributed by atoms with E-state index in [1.54, 1.807) is 24.1 Å². The first-order valence-electron chi connectivity index (χ1n) is 6.42. The minimum absolute atomic E-state index is 0.200. The Hall–Kier alpha value is -2.15. The van der Waals surface area contributed by atoms with Gasteiger partial charge >= 0.3 is 0 Å². The van der Waals surface area contributed by atoms with Crippen LogP contribution in [-0.2, 0) is 11.4 Å². The SMILES string of the molecule is COCCNC(=O)c1ccn(Cn2nc(C)cc2C)n1. The van der Waals surface area contributed by atoms with Crippen molar-refractivity contribution in [1.29, 1.82) is 0 Å². The van der Waals surface area contributed by atoms with Crippen molar-refractivity contribution in [2.24, 2.45) is 0 Å². The molecular formula is C13H19N5O2. The summed E-state index contributed by atoms with van der Waals surface area (Å²) in [6.07, 6.45) is 1.77. The van der Waals surface area contributed by atoms with E-state index in [0.717, 1.165) is 11.4 Å². The van der Waals surface area contributed by atoms with Crippen molar-refractivity contribution < 1.29 is 9.53 Å². The third kappa shape index (κ3) is 3.45. The van der Waals surface area contributed by atoms with Crippen molar-refractivity contribution in [3.63, 3.8) is 0 Å². The Bertz CT molecular complexity index is 587. The predicted molar refractivity (Wildman–Crippen MR) is 73.5 cm³/mol. The van der Waals surface area contributed by atoms with Crippen LogP contribution in [0, 0.1) is 13.8 Å². The number of nitrogens with one attached hydrogen (secondary N) is 1. The fourth-order valence-corrected chi connectivity index (χ4v) is 1.87. The van der Waals surface area contributed by atoms with Crippen molar-refractivity contribution in [2.45, 2.75) is 20.5 Å². The molecule has 1 N–H and O–H groups in total. The van der Waals surface area contributed by atoms with Crippen LogP contribution in [-0.4, -0.2) is 45.7 Å². The first kappa shape index (κ1) is 14.3. The average Bonchev–Trinajstić information content (AvgIpc) is 2.98. The van der Waals surface area contributed by atoms with E-state index in [9.17, 15) is 4.79 Å². The summed E-state index contributed by atoms with van der Waals surface area (Å²) >= 11 is 0. The predicted octanol–water partition coefficient (Wildman–Crippen LogP) is 0.578. The first-order chi connectivity index (χ1) is 9.60. The standard InChI is InChI=1S/C13H19N5O2/c1-10-8-11(2)18(15-10)9-17-6-4-12(16-17)13(19)14-5-7-20-3/h4,6,8H,5,7,9H2,1-3H3,(H,14,19). The van der Waals surface area contributed by atoms with Gasteiger partial charge in [0.1, 0.15) is 12.4 Å². The molecule has 0 fully saturated rings. The maximum absolute atomic E-state index is 11.8. The Morgan fingerprint density at radius 1 is 1.40 bits per heavy atom. The minimum atomic E-state index is -0.200. The van der Waals surface area contributed by atoms with E-state index in [1.807, 2.05) is 24.6 Å². The number of carbonyl (C=O) groups is 1. The zero-order chi connectivity index (χ0) is 14.5. The van der Waals surface area contributed by atoms with Crippen LogP contribution >= 0.6 is 0 Å². The molecule has 1 amide bonds. The van der Waals surface area contributed by atoms with Gasteiger partial charge in [-0.2, -0.15) is 10.2 Å². The molecule has 0 aliphatic rings. The quantitative estimate of drug-likeness (QED) is 0.784. The van der Waals surface area contributed by atoms with E-state index in [4.69, 9.17) is 4.74 Å². The summed E-state index contributed by atoms with van der Waals surface area (Å²) in [6.45, 7) is 5.38. The number of amides is 1. The normalized spacial score (nSPS) is 10.8. The maximum Gasteiger partial charge on any atom is 0.271 e. The van der Waals surface area contributed by atoms with Gasteiger partial charge in [-0.3, -0.25) is 9.48 Å². The molecule has 2 aromatic heterocycles. The van der Waals surface area contributed by atoms with Crippen LogP contribution in [0.2, 0.25) is 0 Å². The van der Waals surface area contributed by atoms with E-state index in [-0.39, 0.29) is 5.91 Å². The molecule has 0 aromatic carbocycles. The lowest BCUT2D eigenvalue weighted by Gasteiger charge is -2.04. The molecule has 2 aromatic rings. The molecule has 0 atom stereocenters. The Morgan fingerprint density at radius 3 is 2.85 bits per heavy atom. The zero-order valence-electron chi connectivity index (χ0n) is 12.0. The van der Waals surface area contributed by atoms with E-state index >= 15 is 0 Å². The van der Waals surface area contributed by atoms with Gasteiger partial charge in [-0.1, -0.05) is 0 Å². The largest absolute Gasteiger partial charge is 0.383 e. The number of aromatic nitrogens is 4. The second-order valence-electron chi connectivity index (χ2n) is 4.56. The van der Waals surface area contributed by atoms with Gasteiger partial charge in [0, 0.05) is 25.5 Å². The minimum Gasteiger partial charge on any atom is -0.383 e. The molecule has 0 aliphatic heterocycles. The molecule has 20 heavy (non-hydrogen) atoms. The molecule has 0 radical (unpaired) electrons. The Labute approximate surface area is 117 Å². The Balaban J connectivity index is 1.98. The number of rotatable bonds is 6. The third-order valence-corrected chi connectivity index (χ3v) is 2.85. The number of hydrogen-bond acceptors (Lipinski definition) is 4. The van der Waals surface area contributed by atoms with Crippen LogP contribution in [0.3, 0.4) is 0 Å². The number of ether oxygens (including phenoxy) is 1. The molecule has 0 bridgehead atoms. The molecule has 0 aliphatic carbocycles. The zero-order valence-corrected chi connectivity index (χ0v) is 12.0. The van der Waals surface area contributed by atoms with Crippen LogP contribution < -0.4 is 5.32 Å². The fraction of sp³-hybridized carbons (Fsp3) is 0.462. The lowest BCUT2D eigenvalue weighted by atomic mass is 10.4. The fourth-order valence-electron chi connectivity index (χ4n) is 1.87. The van der Waals surface area contributed by atoms with Crippen LogP contribution in [0.25, 0.3) is 0 Å². The molecule has 7 heteroatoms. The molecule has 2 heterocycles. The van der Waals surface area contributed by atoms with Gasteiger partial charge in [-0.15, -0.1) is 0 Å². The smallest absolute Gasteiger partial charge is 0.271 e. The molecule has 0 spiro atoms. The molecular weight excluding hydrogens is 258 g/mol. The number of aryl methyl sites for hydroxylation is 2. The first-order valence-corrected chi connectivity index (χ1v) is 6.42. The highest BCUT2D eigenvalue weighted by Crippen LogP contribution is 2.03. The van der Waals surface area contributed by atoms with Crippen LogP contribution in [0.15, 0.2) is 18.3 Å². The van der Waals surface area contributed by atoms with Crippen molar-refractivity contribution >= 4 is 5.91 Å². The van der Waals surface area contributed by atoms with Crippen LogP contribution in [0.4, 0.5) is 0 Å². The van der Waals surface area contributed by atoms with Gasteiger partial charge in [0.15, 0.2) is 0 Å². The maximum atomic E-state index is 11.8. The summed E-state index contributed by atoms with van der Waals surface area (Å²) in [5.41, 5.74) is 2.42. The number of nitrogens with zero attached hydrogens (tertiary/aromatic N) is 4. The summed E-state index contributed by atoms with van der Waals surface area (Å²) in [4.78, 5) is 11.8. The summed E-state index contributed by atoms with van der Waals surface area (Å²) in [5.74, 6) is -0.200. The molecule has 0 unspecified atom stereocenters. The molecule has 0 saturated heterocycles. The number of carbonyl (C=O) groups excluding carboxylic acids is 1. The average molecular weight is 277 g/mol. The summed E-state index contributed by atoms with van der Waals surface area (Å²) in [5, 5.41) is 11.3. The van der Waals surface area contributed by atoms with Gasteiger partial charge in [0.25, 0.3) is 5.91 Å². The van der Waals surface area contributed by atoms with Gasteiger partial charge < -0.3 is 10.1 Å². The van der Waals surface area contributed by atoms with Crippen molar-refractivity contribution in [3.8, 4) is 0 Å². The highest BCUT2D eigenvalue weighted by molar-refractivity contribution is 5.92. The van der Waals surface area contributed by atoms with E-state index in [0.29, 0.717) is 25.5 Å². The van der Waals surface area contributed by atoms with Crippen LogP contribution in [0.1, 0.15) is 21.9 Å². The number of hydrogen-bond donors (Lipinski definition) is 1. The van der Waals surface area contributed by atoms with Gasteiger partial charge in [0.2, 0.25) is 0 Å². The van der Waals surface area contributed by atoms with Gasteiger partial charge in [-0.25, -0.2) is 4.68 Å². The van der Waals surface area contributed by atoms with E-state index < -0.39 is 0 Å². The highest BCUT2D eigenvalue weighted by atomic mass is 16.5. The summed E-state index contributed by atoms with van der Waals surface area (Å²) in [7, 11) is 1.59. The Morgan fingerprint density at radius 2 is 2.20 bits per heavy atom. The molecule has 2 rings (SSSR count). The van der Waals surface area contributed by atoms with Gasteiger partial charge in [0.05, 0.1) is 12.3 Å². The van der Waals surface area contributed by atoms with Gasteiger partial charge in [-0.05, 0) is 26.0 Å². The lowest BCUT2D eigenvalue weighted by molar-refractivity contribution is 0.0931. The molecule has 7 nitrogen and oxygen atoms in total. The highest BCUT2D eigenvalue weighted by Gasteiger charge is 2.09. The number of methoxy groups -OCH3 is 1. The topological polar surface area (TPSA) is 74.0 Å². The second-order valence-corrected chi connectivity index (χ2v) is 4.56. The Kier molecular flexibility index (Phi) is 4.52. The van der Waals surface area contributed by atoms with Crippen molar-refractivity contribution in [1.82, 2.24) is 24.9 Å². The lowest BCUT2D eigenvalue weighted by Crippen LogP contribution is -2.27. The summed E-state index contributed by atoms with van der Waals surface area (Å²) < 4.78 is 8.40. The monoisotopic (exact) mass is 277 g/mol. The van der Waals surface area contributed by atoms with Crippen LogP contribution in [0.5, 0.6) is 0 Å². The molecule has 0 saturated carbocycles. The second kappa shape index (κ2) is 6.33. The van der Waals surface area contributed by atoms with E-state index in [2.05, 4.69) is 15.5 Å². The summed E-state index contributed by atoms with van der Waals surface area (Å²) in [6, 6.07) is 3.69. The molecule has 108 valence electrons. The third-order valence-electron chi connectivity index (χ3n) is 2.85.